The fraction of sp³-hybridized carbons (Fsp3) is 0.444. The lowest BCUT2D eigenvalue weighted by atomic mass is 9.98. The summed E-state index contributed by atoms with van der Waals surface area (Å²) < 4.78 is 5.66. The van der Waals surface area contributed by atoms with Gasteiger partial charge in [-0.15, -0.1) is 0 Å². The molecule has 2 atom stereocenters. The first kappa shape index (κ1) is 25.1. The lowest BCUT2D eigenvalue weighted by molar-refractivity contribution is -0.142. The molecule has 0 bridgehead atoms. The number of carboxylic acid groups (broad SMARTS) is 1. The Morgan fingerprint density at radius 2 is 1.74 bits per heavy atom. The first-order valence-electron chi connectivity index (χ1n) is 12.1. The summed E-state index contributed by atoms with van der Waals surface area (Å²) in [7, 11) is 0. The highest BCUT2D eigenvalue weighted by atomic mass is 32.2. The molecule has 2 N–H and O–H groups in total. The van der Waals surface area contributed by atoms with E-state index in [0.717, 1.165) is 35.1 Å². The number of aliphatic carboxylic acids is 1. The molecule has 186 valence electrons. The van der Waals surface area contributed by atoms with Crippen molar-refractivity contribution in [2.24, 2.45) is 0 Å². The average molecular weight is 497 g/mol. The number of rotatable bonds is 9. The molecule has 1 fully saturated rings. The number of piperidine rings is 1. The van der Waals surface area contributed by atoms with E-state index in [9.17, 15) is 19.5 Å². The second kappa shape index (κ2) is 11.6. The summed E-state index contributed by atoms with van der Waals surface area (Å²) in [6.07, 6.45) is 4.10. The van der Waals surface area contributed by atoms with E-state index in [1.165, 1.54) is 0 Å². The molecule has 1 aliphatic carbocycles. The molecular formula is C27H32N2O5S. The SMILES string of the molecule is CSCC[C@H](NC(=O)OCC1c2ccccc2-c2ccccc21)C(=O)N1CCCC[C@H]1CC(=O)O. The van der Waals surface area contributed by atoms with Crippen LogP contribution >= 0.6 is 11.8 Å². The van der Waals surface area contributed by atoms with Gasteiger partial charge in [0.2, 0.25) is 5.91 Å². The second-order valence-corrected chi connectivity index (χ2v) is 10.1. The van der Waals surface area contributed by atoms with Crippen molar-refractivity contribution in [2.45, 2.75) is 50.1 Å². The summed E-state index contributed by atoms with van der Waals surface area (Å²) >= 11 is 1.59. The molecule has 35 heavy (non-hydrogen) atoms. The van der Waals surface area contributed by atoms with E-state index in [2.05, 4.69) is 29.6 Å². The monoisotopic (exact) mass is 496 g/mol. The minimum Gasteiger partial charge on any atom is -0.481 e. The van der Waals surface area contributed by atoms with Crippen LogP contribution < -0.4 is 5.32 Å². The third-order valence-electron chi connectivity index (χ3n) is 6.86. The maximum atomic E-state index is 13.4. The summed E-state index contributed by atoms with van der Waals surface area (Å²) in [6, 6.07) is 15.2. The van der Waals surface area contributed by atoms with Crippen LogP contribution in [0.25, 0.3) is 11.1 Å². The van der Waals surface area contributed by atoms with Crippen molar-refractivity contribution < 1.29 is 24.2 Å². The van der Waals surface area contributed by atoms with Gasteiger partial charge < -0.3 is 20.1 Å². The van der Waals surface area contributed by atoms with Gasteiger partial charge in [-0.05, 0) is 59.9 Å². The van der Waals surface area contributed by atoms with Gasteiger partial charge in [0.05, 0.1) is 6.42 Å². The Bertz CT molecular complexity index is 1030. The molecule has 2 aromatic carbocycles. The number of nitrogens with one attached hydrogen (secondary N) is 1. The van der Waals surface area contributed by atoms with E-state index in [1.807, 2.05) is 30.5 Å². The maximum Gasteiger partial charge on any atom is 0.407 e. The number of thioether (sulfide) groups is 1. The Balaban J connectivity index is 1.43. The number of hydrogen-bond donors (Lipinski definition) is 2. The van der Waals surface area contributed by atoms with Crippen LogP contribution in [-0.2, 0) is 14.3 Å². The zero-order chi connectivity index (χ0) is 24.8. The van der Waals surface area contributed by atoms with E-state index in [1.54, 1.807) is 16.7 Å². The zero-order valence-corrected chi connectivity index (χ0v) is 20.8. The molecule has 0 radical (unpaired) electrons. The number of ether oxygens (including phenoxy) is 1. The third kappa shape index (κ3) is 5.81. The molecule has 0 saturated carbocycles. The molecule has 4 rings (SSSR count). The Labute approximate surface area is 210 Å². The zero-order valence-electron chi connectivity index (χ0n) is 19.9. The van der Waals surface area contributed by atoms with Crippen molar-refractivity contribution in [1.82, 2.24) is 10.2 Å². The first-order chi connectivity index (χ1) is 17.0. The normalized spacial score (nSPS) is 17.9. The molecule has 1 saturated heterocycles. The van der Waals surface area contributed by atoms with Gasteiger partial charge in [-0.25, -0.2) is 4.79 Å². The summed E-state index contributed by atoms with van der Waals surface area (Å²) in [4.78, 5) is 39.2. The topological polar surface area (TPSA) is 95.9 Å². The molecule has 2 amide bonds. The molecule has 2 aromatic rings. The maximum absolute atomic E-state index is 13.4. The van der Waals surface area contributed by atoms with Crippen LogP contribution in [0.2, 0.25) is 0 Å². The number of carboxylic acids is 1. The van der Waals surface area contributed by atoms with Gasteiger partial charge >= 0.3 is 12.1 Å². The predicted molar refractivity (Wildman–Crippen MR) is 137 cm³/mol. The summed E-state index contributed by atoms with van der Waals surface area (Å²) in [5.74, 6) is -0.508. The van der Waals surface area contributed by atoms with Crippen LogP contribution in [0.1, 0.15) is 49.1 Å². The van der Waals surface area contributed by atoms with Crippen molar-refractivity contribution in [2.75, 3.05) is 25.2 Å². The number of amides is 2. The summed E-state index contributed by atoms with van der Waals surface area (Å²) in [5.41, 5.74) is 4.56. The lowest BCUT2D eigenvalue weighted by Gasteiger charge is -2.37. The Hall–Kier alpha value is -3.00. The number of hydrogen-bond acceptors (Lipinski definition) is 5. The number of carbonyl (C=O) groups is 3. The van der Waals surface area contributed by atoms with Crippen molar-refractivity contribution in [3.63, 3.8) is 0 Å². The first-order valence-corrected chi connectivity index (χ1v) is 13.5. The lowest BCUT2D eigenvalue weighted by Crippen LogP contribution is -2.54. The van der Waals surface area contributed by atoms with Crippen LogP contribution in [-0.4, -0.2) is 65.2 Å². The van der Waals surface area contributed by atoms with Crippen molar-refractivity contribution in [3.05, 3.63) is 59.7 Å². The van der Waals surface area contributed by atoms with Crippen LogP contribution in [0, 0.1) is 0 Å². The highest BCUT2D eigenvalue weighted by Gasteiger charge is 2.34. The van der Waals surface area contributed by atoms with E-state index >= 15 is 0 Å². The molecule has 8 heteroatoms. The quantitative estimate of drug-likeness (QED) is 0.531. The standard InChI is InChI=1S/C27H32N2O5S/c1-35-15-13-24(26(32)29-14-7-6-8-18(29)16-25(30)31)28-27(33)34-17-23-21-11-4-2-9-19(21)20-10-3-5-12-22(20)23/h2-5,9-12,18,23-24H,6-8,13-17H2,1H3,(H,28,33)(H,30,31)/t18-,24-/m0/s1. The van der Waals surface area contributed by atoms with Gasteiger partial charge in [0.1, 0.15) is 12.6 Å². The minimum atomic E-state index is -0.917. The number of alkyl carbamates (subject to hydrolysis) is 1. The van der Waals surface area contributed by atoms with Crippen LogP contribution in [0.4, 0.5) is 4.79 Å². The molecule has 2 aliphatic rings. The smallest absolute Gasteiger partial charge is 0.407 e. The number of fused-ring (bicyclic) bond motifs is 3. The highest BCUT2D eigenvalue weighted by molar-refractivity contribution is 7.98. The van der Waals surface area contributed by atoms with E-state index < -0.39 is 18.1 Å². The number of nitrogens with zero attached hydrogens (tertiary/aromatic N) is 1. The molecular weight excluding hydrogens is 464 g/mol. The molecule has 0 unspecified atom stereocenters. The Morgan fingerprint density at radius 1 is 1.09 bits per heavy atom. The van der Waals surface area contributed by atoms with Crippen LogP contribution in [0.3, 0.4) is 0 Å². The predicted octanol–water partition coefficient (Wildman–Crippen LogP) is 4.50. The van der Waals surface area contributed by atoms with Gasteiger partial charge in [-0.1, -0.05) is 48.5 Å². The number of benzene rings is 2. The van der Waals surface area contributed by atoms with E-state index in [-0.39, 0.29) is 30.9 Å². The molecule has 0 aromatic heterocycles. The van der Waals surface area contributed by atoms with E-state index in [4.69, 9.17) is 4.74 Å². The van der Waals surface area contributed by atoms with Gasteiger partial charge in [0.15, 0.2) is 0 Å². The van der Waals surface area contributed by atoms with Gasteiger partial charge in [0, 0.05) is 18.5 Å². The van der Waals surface area contributed by atoms with Crippen molar-refractivity contribution >= 4 is 29.7 Å². The Kier molecular flexibility index (Phi) is 8.33. The fourth-order valence-corrected chi connectivity index (χ4v) is 5.65. The summed E-state index contributed by atoms with van der Waals surface area (Å²) in [5, 5.41) is 12.1. The number of carbonyl (C=O) groups excluding carboxylic acids is 2. The van der Waals surface area contributed by atoms with Crippen LogP contribution in [0.5, 0.6) is 0 Å². The molecule has 0 spiro atoms. The largest absolute Gasteiger partial charge is 0.481 e. The van der Waals surface area contributed by atoms with Gasteiger partial charge in [0.25, 0.3) is 0 Å². The average Bonchev–Trinajstić information content (AvgIpc) is 3.18. The highest BCUT2D eigenvalue weighted by Crippen LogP contribution is 2.44. The molecule has 7 nitrogen and oxygen atoms in total. The summed E-state index contributed by atoms with van der Waals surface area (Å²) in [6.45, 7) is 0.688. The van der Waals surface area contributed by atoms with Gasteiger partial charge in [-0.2, -0.15) is 11.8 Å². The van der Waals surface area contributed by atoms with Crippen molar-refractivity contribution in [3.8, 4) is 11.1 Å². The molecule has 1 heterocycles. The minimum absolute atomic E-state index is 0.0597. The van der Waals surface area contributed by atoms with Crippen LogP contribution in [0.15, 0.2) is 48.5 Å². The molecule has 1 aliphatic heterocycles. The Morgan fingerprint density at radius 3 is 2.37 bits per heavy atom. The van der Waals surface area contributed by atoms with Gasteiger partial charge in [-0.3, -0.25) is 9.59 Å². The third-order valence-corrected chi connectivity index (χ3v) is 7.51. The van der Waals surface area contributed by atoms with Crippen molar-refractivity contribution in [1.29, 1.82) is 0 Å². The van der Waals surface area contributed by atoms with E-state index in [0.29, 0.717) is 25.1 Å². The fourth-order valence-electron chi connectivity index (χ4n) is 5.18. The number of likely N-dealkylation sites (tertiary alicyclic amines) is 1. The second-order valence-electron chi connectivity index (χ2n) is 9.08.